The number of rotatable bonds is 6. The predicted molar refractivity (Wildman–Crippen MR) is 133 cm³/mol. The lowest BCUT2D eigenvalue weighted by molar-refractivity contribution is 0.354. The van der Waals surface area contributed by atoms with Crippen LogP contribution in [0, 0.1) is 0 Å². The smallest absolute Gasteiger partial charge is 0.160 e. The lowest BCUT2D eigenvalue weighted by Crippen LogP contribution is -2.30. The molecule has 0 fully saturated rings. The van der Waals surface area contributed by atoms with Gasteiger partial charge in [-0.05, 0) is 53.3 Å². The summed E-state index contributed by atoms with van der Waals surface area (Å²) in [6.45, 7) is 1.79. The van der Waals surface area contributed by atoms with E-state index in [1.807, 2.05) is 6.07 Å². The van der Waals surface area contributed by atoms with Gasteiger partial charge in [0.2, 0.25) is 0 Å². The number of benzene rings is 3. The van der Waals surface area contributed by atoms with E-state index >= 15 is 0 Å². The lowest BCUT2D eigenvalue weighted by atomic mass is 9.96. The van der Waals surface area contributed by atoms with Crippen LogP contribution in [0.3, 0.4) is 0 Å². The van der Waals surface area contributed by atoms with Crippen molar-refractivity contribution < 1.29 is 9.47 Å². The highest BCUT2D eigenvalue weighted by molar-refractivity contribution is 6.12. The first-order valence-corrected chi connectivity index (χ1v) is 10.7. The molecule has 0 radical (unpaired) electrons. The van der Waals surface area contributed by atoms with E-state index in [-0.39, 0.29) is 12.4 Å². The van der Waals surface area contributed by atoms with Gasteiger partial charge >= 0.3 is 0 Å². The summed E-state index contributed by atoms with van der Waals surface area (Å²) >= 11 is 0. The standard InChI is InChI=1S/C27H26N2O2.ClH/c1-30-25-14-11-20(17-26(25)31-2)8-7-19-9-12-21(13-10-19)24-18-22-5-3-4-6-23(22)27-28-15-16-29(24)27;/h3-6,9-14,17-18H,7-8,15-16H2,1-2H3;1H. The highest BCUT2D eigenvalue weighted by atomic mass is 35.5. The van der Waals surface area contributed by atoms with Crippen LogP contribution < -0.4 is 9.47 Å². The summed E-state index contributed by atoms with van der Waals surface area (Å²) in [5.74, 6) is 2.65. The van der Waals surface area contributed by atoms with Crippen molar-refractivity contribution in [3.05, 3.63) is 94.5 Å². The molecular formula is C27H27ClN2O2. The molecule has 0 spiro atoms. The van der Waals surface area contributed by atoms with Gasteiger partial charge in [-0.15, -0.1) is 12.4 Å². The van der Waals surface area contributed by atoms with Crippen molar-refractivity contribution in [1.82, 2.24) is 4.90 Å². The normalized spacial score (nSPS) is 14.0. The van der Waals surface area contributed by atoms with Gasteiger partial charge in [0.05, 0.1) is 26.5 Å². The second kappa shape index (κ2) is 9.49. The van der Waals surface area contributed by atoms with Crippen LogP contribution in [0.4, 0.5) is 0 Å². The highest BCUT2D eigenvalue weighted by Gasteiger charge is 2.28. The third-order valence-electron chi connectivity index (χ3n) is 6.03. The van der Waals surface area contributed by atoms with E-state index in [2.05, 4.69) is 71.6 Å². The summed E-state index contributed by atoms with van der Waals surface area (Å²) in [5, 5.41) is 0. The average Bonchev–Trinajstić information content (AvgIpc) is 3.33. The number of aryl methyl sites for hydroxylation is 2. The first kappa shape index (κ1) is 22.0. The van der Waals surface area contributed by atoms with Crippen molar-refractivity contribution in [2.45, 2.75) is 12.8 Å². The number of hydrogen-bond acceptors (Lipinski definition) is 4. The third-order valence-corrected chi connectivity index (χ3v) is 6.03. The molecule has 3 aromatic rings. The molecule has 4 nitrogen and oxygen atoms in total. The molecule has 0 atom stereocenters. The fourth-order valence-corrected chi connectivity index (χ4v) is 4.37. The molecule has 32 heavy (non-hydrogen) atoms. The molecule has 2 heterocycles. The molecule has 0 aromatic heterocycles. The molecule has 0 saturated heterocycles. The third kappa shape index (κ3) is 4.11. The first-order chi connectivity index (χ1) is 15.3. The summed E-state index contributed by atoms with van der Waals surface area (Å²) in [6, 6.07) is 23.6. The maximum atomic E-state index is 5.43. The van der Waals surface area contributed by atoms with Crippen LogP contribution in [-0.4, -0.2) is 38.0 Å². The number of nitrogens with zero attached hydrogens (tertiary/aromatic N) is 2. The van der Waals surface area contributed by atoms with Crippen LogP contribution in [0.25, 0.3) is 11.8 Å². The topological polar surface area (TPSA) is 34.1 Å². The molecule has 0 bridgehead atoms. The maximum absolute atomic E-state index is 5.43. The molecule has 0 saturated carbocycles. The Labute approximate surface area is 195 Å². The van der Waals surface area contributed by atoms with E-state index in [0.29, 0.717) is 0 Å². The zero-order valence-electron chi connectivity index (χ0n) is 18.4. The van der Waals surface area contributed by atoms with Gasteiger partial charge in [0.15, 0.2) is 11.5 Å². The van der Waals surface area contributed by atoms with Gasteiger partial charge in [0.1, 0.15) is 5.84 Å². The first-order valence-electron chi connectivity index (χ1n) is 10.7. The van der Waals surface area contributed by atoms with Crippen LogP contribution in [0.1, 0.15) is 27.8 Å². The lowest BCUT2D eigenvalue weighted by Gasteiger charge is -2.29. The van der Waals surface area contributed by atoms with Crippen LogP contribution in [0.2, 0.25) is 0 Å². The monoisotopic (exact) mass is 446 g/mol. The fourth-order valence-electron chi connectivity index (χ4n) is 4.37. The number of fused-ring (bicyclic) bond motifs is 3. The van der Waals surface area contributed by atoms with Gasteiger partial charge in [-0.25, -0.2) is 0 Å². The second-order valence-corrected chi connectivity index (χ2v) is 7.86. The molecule has 2 aliphatic rings. The second-order valence-electron chi connectivity index (χ2n) is 7.86. The summed E-state index contributed by atoms with van der Waals surface area (Å²) < 4.78 is 10.8. The largest absolute Gasteiger partial charge is 0.493 e. The molecule has 0 aliphatic carbocycles. The fraction of sp³-hybridized carbons (Fsp3) is 0.222. The Hall–Kier alpha value is -3.24. The van der Waals surface area contributed by atoms with Crippen molar-refractivity contribution in [2.75, 3.05) is 27.3 Å². The molecule has 0 amide bonds. The Morgan fingerprint density at radius 3 is 2.34 bits per heavy atom. The number of amidine groups is 1. The molecule has 3 aromatic carbocycles. The number of hydrogen-bond donors (Lipinski definition) is 0. The zero-order chi connectivity index (χ0) is 21.2. The molecule has 0 N–H and O–H groups in total. The molecule has 0 unspecified atom stereocenters. The zero-order valence-corrected chi connectivity index (χ0v) is 19.2. The summed E-state index contributed by atoms with van der Waals surface area (Å²) in [4.78, 5) is 7.11. The molecule has 164 valence electrons. The number of methoxy groups -OCH3 is 2. The number of halogens is 1. The van der Waals surface area contributed by atoms with Crippen molar-refractivity contribution in [3.8, 4) is 11.5 Å². The van der Waals surface area contributed by atoms with Gasteiger partial charge < -0.3 is 14.4 Å². The molecule has 5 rings (SSSR count). The molecule has 5 heteroatoms. The van der Waals surface area contributed by atoms with Gasteiger partial charge in [-0.3, -0.25) is 4.99 Å². The van der Waals surface area contributed by atoms with E-state index in [1.165, 1.54) is 33.5 Å². The van der Waals surface area contributed by atoms with Gasteiger partial charge in [-0.1, -0.05) is 54.6 Å². The summed E-state index contributed by atoms with van der Waals surface area (Å²) in [7, 11) is 3.34. The van der Waals surface area contributed by atoms with Crippen molar-refractivity contribution in [3.63, 3.8) is 0 Å². The Kier molecular flexibility index (Phi) is 6.52. The van der Waals surface area contributed by atoms with Crippen molar-refractivity contribution in [1.29, 1.82) is 0 Å². The van der Waals surface area contributed by atoms with Crippen LogP contribution >= 0.6 is 12.4 Å². The predicted octanol–water partition coefficient (Wildman–Crippen LogP) is 5.48. The van der Waals surface area contributed by atoms with Crippen molar-refractivity contribution in [2.24, 2.45) is 4.99 Å². The minimum atomic E-state index is 0. The maximum Gasteiger partial charge on any atom is 0.160 e. The van der Waals surface area contributed by atoms with E-state index in [0.717, 1.165) is 43.3 Å². The van der Waals surface area contributed by atoms with E-state index in [4.69, 9.17) is 14.5 Å². The quantitative estimate of drug-likeness (QED) is 0.502. The van der Waals surface area contributed by atoms with Gasteiger partial charge in [0, 0.05) is 12.1 Å². The van der Waals surface area contributed by atoms with Crippen LogP contribution in [0.5, 0.6) is 11.5 Å². The van der Waals surface area contributed by atoms with Crippen LogP contribution in [-0.2, 0) is 12.8 Å². The Morgan fingerprint density at radius 2 is 1.56 bits per heavy atom. The van der Waals surface area contributed by atoms with Gasteiger partial charge in [-0.2, -0.15) is 0 Å². The number of ether oxygens (including phenoxy) is 2. The van der Waals surface area contributed by atoms with E-state index in [9.17, 15) is 0 Å². The van der Waals surface area contributed by atoms with E-state index in [1.54, 1.807) is 14.2 Å². The van der Waals surface area contributed by atoms with Crippen LogP contribution in [0.15, 0.2) is 71.7 Å². The Balaban J connectivity index is 0.00000245. The summed E-state index contributed by atoms with van der Waals surface area (Å²) in [5.41, 5.74) is 7.51. The minimum absolute atomic E-state index is 0. The molecule has 2 aliphatic heterocycles. The summed E-state index contributed by atoms with van der Waals surface area (Å²) in [6.07, 6.45) is 4.23. The average molecular weight is 447 g/mol. The SMILES string of the molecule is COc1ccc(CCc2ccc(C3=Cc4ccccc4C4=NCCN34)cc2)cc1OC.Cl. The Bertz CT molecular complexity index is 1170. The van der Waals surface area contributed by atoms with Crippen molar-refractivity contribution >= 4 is 30.0 Å². The van der Waals surface area contributed by atoms with Gasteiger partial charge in [0.25, 0.3) is 0 Å². The molecular weight excluding hydrogens is 420 g/mol. The number of aliphatic imine (C=N–C) groups is 1. The Morgan fingerprint density at radius 1 is 0.844 bits per heavy atom. The highest BCUT2D eigenvalue weighted by Crippen LogP contribution is 2.33. The van der Waals surface area contributed by atoms with E-state index < -0.39 is 0 Å². The minimum Gasteiger partial charge on any atom is -0.493 e.